The van der Waals surface area contributed by atoms with Crippen LogP contribution in [0.15, 0.2) is 24.3 Å². The summed E-state index contributed by atoms with van der Waals surface area (Å²) in [5.74, 6) is 0. The molecular formula is C16H26N2O. The van der Waals surface area contributed by atoms with Gasteiger partial charge in [0.15, 0.2) is 0 Å². The molecule has 1 heterocycles. The first-order valence-electron chi connectivity index (χ1n) is 7.17. The van der Waals surface area contributed by atoms with E-state index in [0.29, 0.717) is 0 Å². The van der Waals surface area contributed by atoms with Gasteiger partial charge in [0.1, 0.15) is 0 Å². The molecule has 0 spiro atoms. The van der Waals surface area contributed by atoms with Gasteiger partial charge in [-0.2, -0.15) is 0 Å². The van der Waals surface area contributed by atoms with Crippen molar-refractivity contribution in [3.63, 3.8) is 0 Å². The van der Waals surface area contributed by atoms with Gasteiger partial charge in [0.25, 0.3) is 0 Å². The van der Waals surface area contributed by atoms with Crippen LogP contribution in [-0.2, 0) is 0 Å². The van der Waals surface area contributed by atoms with Crippen molar-refractivity contribution in [2.24, 2.45) is 5.41 Å². The number of nitrogens with zero attached hydrogens (tertiary/aromatic N) is 1. The minimum Gasteiger partial charge on any atom is -0.396 e. The second-order valence-corrected chi connectivity index (χ2v) is 6.19. The van der Waals surface area contributed by atoms with Crippen molar-refractivity contribution in [3.05, 3.63) is 35.4 Å². The number of aliphatic hydroxyl groups is 1. The zero-order valence-electron chi connectivity index (χ0n) is 12.3. The lowest BCUT2D eigenvalue weighted by atomic mass is 9.78. The van der Waals surface area contributed by atoms with Crippen molar-refractivity contribution in [2.75, 3.05) is 32.8 Å². The van der Waals surface area contributed by atoms with Crippen LogP contribution in [-0.4, -0.2) is 42.8 Å². The molecule has 1 aliphatic rings. The molecule has 0 amide bonds. The molecule has 1 fully saturated rings. The number of aliphatic hydroxyl groups excluding tert-OH is 1. The molecule has 1 aromatic carbocycles. The Bertz CT molecular complexity index is 411. The van der Waals surface area contributed by atoms with Crippen molar-refractivity contribution in [3.8, 4) is 0 Å². The quantitative estimate of drug-likeness (QED) is 0.871. The molecule has 3 nitrogen and oxygen atoms in total. The Morgan fingerprint density at radius 3 is 2.47 bits per heavy atom. The molecular weight excluding hydrogens is 236 g/mol. The second kappa shape index (κ2) is 6.04. The summed E-state index contributed by atoms with van der Waals surface area (Å²) in [6, 6.07) is 8.84. The molecule has 2 rings (SSSR count). The molecule has 0 saturated carbocycles. The Hall–Kier alpha value is -0.900. The number of hydrogen-bond acceptors (Lipinski definition) is 3. The van der Waals surface area contributed by atoms with E-state index in [4.69, 9.17) is 0 Å². The fraction of sp³-hybridized carbons (Fsp3) is 0.625. The van der Waals surface area contributed by atoms with Gasteiger partial charge in [0, 0.05) is 44.2 Å². The Morgan fingerprint density at radius 1 is 1.26 bits per heavy atom. The molecule has 0 radical (unpaired) electrons. The lowest BCUT2D eigenvalue weighted by Crippen LogP contribution is -2.49. The standard InChI is InChI=1S/C16H26N2O/c1-13-6-4-5-7-14(13)15(16(2,3)12-19)18-10-8-17-9-11-18/h4-7,15,17,19H,8-12H2,1-3H3/t15-/m1/s1. The van der Waals surface area contributed by atoms with Crippen LogP contribution in [0.3, 0.4) is 0 Å². The van der Waals surface area contributed by atoms with Crippen LogP contribution in [0.1, 0.15) is 31.0 Å². The number of piperazine rings is 1. The molecule has 1 atom stereocenters. The minimum atomic E-state index is -0.135. The molecule has 1 aliphatic heterocycles. The van der Waals surface area contributed by atoms with E-state index in [1.165, 1.54) is 11.1 Å². The molecule has 106 valence electrons. The van der Waals surface area contributed by atoms with Gasteiger partial charge in [-0.15, -0.1) is 0 Å². The first-order valence-corrected chi connectivity index (χ1v) is 7.17. The lowest BCUT2D eigenvalue weighted by molar-refractivity contribution is 0.0302. The first-order chi connectivity index (χ1) is 9.06. The number of rotatable bonds is 4. The Kier molecular flexibility index (Phi) is 4.61. The molecule has 19 heavy (non-hydrogen) atoms. The predicted molar refractivity (Wildman–Crippen MR) is 79.2 cm³/mol. The van der Waals surface area contributed by atoms with Crippen LogP contribution in [0.4, 0.5) is 0 Å². The molecule has 2 N–H and O–H groups in total. The number of benzene rings is 1. The SMILES string of the molecule is Cc1ccccc1[C@@H](N1CCNCC1)C(C)(C)CO. The van der Waals surface area contributed by atoms with Gasteiger partial charge in [-0.25, -0.2) is 0 Å². The number of aryl methyl sites for hydroxylation is 1. The maximum absolute atomic E-state index is 9.81. The van der Waals surface area contributed by atoms with Gasteiger partial charge < -0.3 is 10.4 Å². The monoisotopic (exact) mass is 262 g/mol. The van der Waals surface area contributed by atoms with Crippen molar-refractivity contribution < 1.29 is 5.11 Å². The zero-order valence-corrected chi connectivity index (χ0v) is 12.3. The molecule has 0 aliphatic carbocycles. The van der Waals surface area contributed by atoms with Crippen LogP contribution in [0, 0.1) is 12.3 Å². The van der Waals surface area contributed by atoms with E-state index in [9.17, 15) is 5.11 Å². The average Bonchev–Trinajstić information content (AvgIpc) is 2.42. The lowest BCUT2D eigenvalue weighted by Gasteiger charge is -2.44. The molecule has 0 aromatic heterocycles. The maximum atomic E-state index is 9.81. The van der Waals surface area contributed by atoms with E-state index in [1.807, 2.05) is 0 Å². The summed E-state index contributed by atoms with van der Waals surface area (Å²) in [6.07, 6.45) is 0. The van der Waals surface area contributed by atoms with E-state index < -0.39 is 0 Å². The van der Waals surface area contributed by atoms with Crippen molar-refractivity contribution >= 4 is 0 Å². The molecule has 3 heteroatoms. The number of nitrogens with one attached hydrogen (secondary N) is 1. The van der Waals surface area contributed by atoms with Gasteiger partial charge in [0.05, 0.1) is 0 Å². The predicted octanol–water partition coefficient (Wildman–Crippen LogP) is 1.96. The highest BCUT2D eigenvalue weighted by molar-refractivity contribution is 5.30. The topological polar surface area (TPSA) is 35.5 Å². The highest BCUT2D eigenvalue weighted by atomic mass is 16.3. The fourth-order valence-corrected chi connectivity index (χ4v) is 3.03. The zero-order chi connectivity index (χ0) is 13.9. The molecule has 0 unspecified atom stereocenters. The summed E-state index contributed by atoms with van der Waals surface area (Å²) >= 11 is 0. The smallest absolute Gasteiger partial charge is 0.0500 e. The summed E-state index contributed by atoms with van der Waals surface area (Å²) < 4.78 is 0. The van der Waals surface area contributed by atoms with Crippen molar-refractivity contribution in [1.82, 2.24) is 10.2 Å². The molecule has 1 saturated heterocycles. The van der Waals surface area contributed by atoms with Gasteiger partial charge in [0.2, 0.25) is 0 Å². The second-order valence-electron chi connectivity index (χ2n) is 6.19. The van der Waals surface area contributed by atoms with Crippen molar-refractivity contribution in [2.45, 2.75) is 26.8 Å². The van der Waals surface area contributed by atoms with Crippen LogP contribution >= 0.6 is 0 Å². The highest BCUT2D eigenvalue weighted by Crippen LogP contribution is 2.39. The van der Waals surface area contributed by atoms with Crippen LogP contribution < -0.4 is 5.32 Å². The minimum absolute atomic E-state index is 0.135. The van der Waals surface area contributed by atoms with Gasteiger partial charge >= 0.3 is 0 Å². The van der Waals surface area contributed by atoms with Gasteiger partial charge in [-0.1, -0.05) is 38.1 Å². The van der Waals surface area contributed by atoms with Gasteiger partial charge in [-0.3, -0.25) is 4.90 Å². The summed E-state index contributed by atoms with van der Waals surface area (Å²) in [5, 5.41) is 13.2. The van der Waals surface area contributed by atoms with E-state index in [1.54, 1.807) is 0 Å². The summed E-state index contributed by atoms with van der Waals surface area (Å²) in [5.41, 5.74) is 2.53. The van der Waals surface area contributed by atoms with Crippen LogP contribution in [0.5, 0.6) is 0 Å². The summed E-state index contributed by atoms with van der Waals surface area (Å²) in [6.45, 7) is 10.8. The normalized spacial score (nSPS) is 19.4. The summed E-state index contributed by atoms with van der Waals surface area (Å²) in [4.78, 5) is 2.51. The summed E-state index contributed by atoms with van der Waals surface area (Å²) in [7, 11) is 0. The Morgan fingerprint density at radius 2 is 1.89 bits per heavy atom. The molecule has 0 bridgehead atoms. The van der Waals surface area contributed by atoms with E-state index >= 15 is 0 Å². The first kappa shape index (κ1) is 14.5. The third kappa shape index (κ3) is 3.16. The van der Waals surface area contributed by atoms with E-state index in [-0.39, 0.29) is 18.1 Å². The van der Waals surface area contributed by atoms with E-state index in [2.05, 4.69) is 55.3 Å². The third-order valence-electron chi connectivity index (χ3n) is 4.15. The Labute approximate surface area is 116 Å². The van der Waals surface area contributed by atoms with Gasteiger partial charge in [-0.05, 0) is 18.1 Å². The number of hydrogen-bond donors (Lipinski definition) is 2. The van der Waals surface area contributed by atoms with Crippen LogP contribution in [0.2, 0.25) is 0 Å². The Balaban J connectivity index is 2.36. The van der Waals surface area contributed by atoms with Crippen LogP contribution in [0.25, 0.3) is 0 Å². The molecule has 1 aromatic rings. The average molecular weight is 262 g/mol. The van der Waals surface area contributed by atoms with E-state index in [0.717, 1.165) is 26.2 Å². The maximum Gasteiger partial charge on any atom is 0.0500 e. The highest BCUT2D eigenvalue weighted by Gasteiger charge is 2.36. The largest absolute Gasteiger partial charge is 0.396 e. The third-order valence-corrected chi connectivity index (χ3v) is 4.15. The van der Waals surface area contributed by atoms with Crippen molar-refractivity contribution in [1.29, 1.82) is 0 Å². The fourth-order valence-electron chi connectivity index (χ4n) is 3.03.